The number of piperidine rings is 1. The van der Waals surface area contributed by atoms with Crippen LogP contribution in [-0.4, -0.2) is 51.4 Å². The van der Waals surface area contributed by atoms with Gasteiger partial charge in [-0.2, -0.15) is 0 Å². The Morgan fingerprint density at radius 2 is 1.91 bits per heavy atom. The number of likely N-dealkylation sites (tertiary alicyclic amines) is 1. The molecule has 184 valence electrons. The third-order valence-electron chi connectivity index (χ3n) is 6.59. The number of hydrogen-bond acceptors (Lipinski definition) is 5. The van der Waals surface area contributed by atoms with Gasteiger partial charge in [-0.1, -0.05) is 23.7 Å². The zero-order valence-electron chi connectivity index (χ0n) is 20.2. The lowest BCUT2D eigenvalue weighted by molar-refractivity contribution is 0.0546. The maximum absolute atomic E-state index is 13.4. The molecular weight excluding hydrogens is 466 g/mol. The second-order valence-corrected chi connectivity index (χ2v) is 10.8. The molecule has 35 heavy (non-hydrogen) atoms. The number of benzene rings is 2. The summed E-state index contributed by atoms with van der Waals surface area (Å²) < 4.78 is 7.30. The molecule has 8 heteroatoms. The lowest BCUT2D eigenvalue weighted by atomic mass is 10.00. The number of rotatable bonds is 3. The van der Waals surface area contributed by atoms with Crippen molar-refractivity contribution in [1.82, 2.24) is 14.8 Å². The summed E-state index contributed by atoms with van der Waals surface area (Å²) in [4.78, 5) is 28.4. The molecule has 0 spiro atoms. The number of hydrogen-bond donors (Lipinski definition) is 2. The summed E-state index contributed by atoms with van der Waals surface area (Å²) in [6.45, 7) is 8.34. The zero-order chi connectivity index (χ0) is 24.9. The van der Waals surface area contributed by atoms with Gasteiger partial charge in [-0.25, -0.2) is 9.36 Å². The van der Waals surface area contributed by atoms with E-state index in [1.54, 1.807) is 16.7 Å². The van der Waals surface area contributed by atoms with Gasteiger partial charge in [-0.3, -0.25) is 9.69 Å². The minimum atomic E-state index is -0.678. The highest BCUT2D eigenvalue weighted by molar-refractivity contribution is 6.32. The van der Waals surface area contributed by atoms with Crippen molar-refractivity contribution in [1.29, 1.82) is 0 Å². The summed E-state index contributed by atoms with van der Waals surface area (Å²) in [5.74, 6) is -0.202. The number of ether oxygens (including phenoxy) is 1. The molecule has 1 fully saturated rings. The number of aliphatic hydroxyl groups excluding tert-OH is 1. The average Bonchev–Trinajstić information content (AvgIpc) is 3.36. The molecule has 2 aromatic carbocycles. The van der Waals surface area contributed by atoms with E-state index in [0.29, 0.717) is 33.9 Å². The maximum atomic E-state index is 13.4. The highest BCUT2D eigenvalue weighted by atomic mass is 35.5. The molecule has 2 aliphatic heterocycles. The minimum Gasteiger partial charge on any atom is -0.443 e. The van der Waals surface area contributed by atoms with Crippen molar-refractivity contribution in [3.63, 3.8) is 0 Å². The van der Waals surface area contributed by atoms with Crippen LogP contribution in [-0.2, 0) is 17.8 Å². The highest BCUT2D eigenvalue weighted by Gasteiger charge is 2.30. The van der Waals surface area contributed by atoms with Crippen LogP contribution in [0, 0.1) is 0 Å². The van der Waals surface area contributed by atoms with E-state index in [1.807, 2.05) is 39.0 Å². The molecule has 3 aromatic rings. The fourth-order valence-corrected chi connectivity index (χ4v) is 5.15. The number of aliphatic hydroxyl groups is 1. The van der Waals surface area contributed by atoms with E-state index in [0.717, 1.165) is 49.0 Å². The number of carbonyl (C=O) groups excluding carboxylic acids is 2. The number of aromatic nitrogens is 1. The first-order valence-electron chi connectivity index (χ1n) is 12.0. The number of halogens is 1. The molecule has 2 aliphatic rings. The van der Waals surface area contributed by atoms with Gasteiger partial charge in [-0.15, -0.1) is 0 Å². The largest absolute Gasteiger partial charge is 0.443 e. The normalized spacial score (nSPS) is 17.0. The first-order valence-corrected chi connectivity index (χ1v) is 12.4. The Morgan fingerprint density at radius 3 is 2.63 bits per heavy atom. The smallest absolute Gasteiger partial charge is 0.419 e. The predicted octanol–water partition coefficient (Wildman–Crippen LogP) is 4.95. The highest BCUT2D eigenvalue weighted by Crippen LogP contribution is 2.37. The second kappa shape index (κ2) is 8.97. The summed E-state index contributed by atoms with van der Waals surface area (Å²) in [5, 5.41) is 14.1. The van der Waals surface area contributed by atoms with Crippen molar-refractivity contribution in [3.05, 3.63) is 58.1 Å². The van der Waals surface area contributed by atoms with Crippen molar-refractivity contribution in [2.75, 3.05) is 13.1 Å². The van der Waals surface area contributed by atoms with Gasteiger partial charge in [0.25, 0.3) is 5.91 Å². The molecule has 1 amide bonds. The monoisotopic (exact) mass is 495 g/mol. The first kappa shape index (κ1) is 23.9. The molecule has 1 saturated heterocycles. The predicted molar refractivity (Wildman–Crippen MR) is 136 cm³/mol. The third kappa shape index (κ3) is 4.68. The lowest BCUT2D eigenvalue weighted by Crippen LogP contribution is -2.35. The van der Waals surface area contributed by atoms with Gasteiger partial charge < -0.3 is 15.2 Å². The van der Waals surface area contributed by atoms with Crippen molar-refractivity contribution < 1.29 is 19.4 Å². The molecule has 0 unspecified atom stereocenters. The Morgan fingerprint density at radius 1 is 1.17 bits per heavy atom. The first-order chi connectivity index (χ1) is 16.6. The molecule has 0 aliphatic carbocycles. The number of fused-ring (bicyclic) bond motifs is 2. The summed E-state index contributed by atoms with van der Waals surface area (Å²) in [6, 6.07) is 11.5. The summed E-state index contributed by atoms with van der Waals surface area (Å²) in [5.41, 5.74) is 3.64. The van der Waals surface area contributed by atoms with Crippen molar-refractivity contribution in [2.24, 2.45) is 0 Å². The Kier molecular flexibility index (Phi) is 6.11. The quantitative estimate of drug-likeness (QED) is 0.537. The van der Waals surface area contributed by atoms with Crippen LogP contribution in [0.2, 0.25) is 5.02 Å². The summed E-state index contributed by atoms with van der Waals surface area (Å²) >= 11 is 6.37. The van der Waals surface area contributed by atoms with Gasteiger partial charge in [0, 0.05) is 47.7 Å². The van der Waals surface area contributed by atoms with Gasteiger partial charge in [0.2, 0.25) is 0 Å². The van der Waals surface area contributed by atoms with E-state index in [9.17, 15) is 14.7 Å². The van der Waals surface area contributed by atoms with Crippen LogP contribution in [0.5, 0.6) is 0 Å². The van der Waals surface area contributed by atoms with Crippen LogP contribution in [0.3, 0.4) is 0 Å². The lowest BCUT2D eigenvalue weighted by Gasteiger charge is -2.29. The minimum absolute atomic E-state index is 0.202. The van der Waals surface area contributed by atoms with Crippen molar-refractivity contribution in [2.45, 2.75) is 58.4 Å². The number of nitrogens with one attached hydrogen (secondary N) is 1. The molecular formula is C27H30ClN3O4. The van der Waals surface area contributed by atoms with Crippen LogP contribution in [0.25, 0.3) is 22.2 Å². The molecule has 2 N–H and O–H groups in total. The fourth-order valence-electron chi connectivity index (χ4n) is 4.93. The Balaban J connectivity index is 1.61. The topological polar surface area (TPSA) is 83.8 Å². The van der Waals surface area contributed by atoms with E-state index in [4.69, 9.17) is 16.3 Å². The molecule has 0 radical (unpaired) electrons. The van der Waals surface area contributed by atoms with Gasteiger partial charge in [0.15, 0.2) is 0 Å². The molecule has 0 bridgehead atoms. The van der Waals surface area contributed by atoms with E-state index in [1.165, 1.54) is 0 Å². The Labute approximate surface area is 209 Å². The van der Waals surface area contributed by atoms with Crippen LogP contribution < -0.4 is 5.32 Å². The Hall–Kier alpha value is -2.87. The van der Waals surface area contributed by atoms with Gasteiger partial charge in [-0.05, 0) is 63.4 Å². The van der Waals surface area contributed by atoms with E-state index in [-0.39, 0.29) is 12.0 Å². The average molecular weight is 496 g/mol. The van der Waals surface area contributed by atoms with Gasteiger partial charge in [0.05, 0.1) is 22.9 Å². The number of amides is 1. The standard InChI is InChI=1S/C27H30ClN3O4/c1-27(2,3)35-26(34)31-22-7-4-16(15-30-10-8-18(32)9-11-30)12-17(22)13-23(31)19-5-6-21(28)20-14-29-25(33)24(19)20/h4-7,12-13,18,32H,8-11,14-15H2,1-3H3,(H,29,33). The van der Waals surface area contributed by atoms with Crippen molar-refractivity contribution >= 4 is 34.5 Å². The van der Waals surface area contributed by atoms with Gasteiger partial charge in [0.1, 0.15) is 5.60 Å². The van der Waals surface area contributed by atoms with Gasteiger partial charge >= 0.3 is 6.09 Å². The molecule has 5 rings (SSSR count). The molecule has 7 nitrogen and oxygen atoms in total. The van der Waals surface area contributed by atoms with E-state index < -0.39 is 11.7 Å². The van der Waals surface area contributed by atoms with Crippen LogP contribution >= 0.6 is 11.6 Å². The van der Waals surface area contributed by atoms with Crippen LogP contribution in [0.15, 0.2) is 36.4 Å². The molecule has 0 saturated carbocycles. The van der Waals surface area contributed by atoms with Crippen LogP contribution in [0.1, 0.15) is 55.1 Å². The Bertz CT molecular complexity index is 1320. The SMILES string of the molecule is CC(C)(C)OC(=O)n1c(-c2ccc(Cl)c3c2C(=O)NC3)cc2cc(CN3CCC(O)CC3)ccc21. The number of carbonyl (C=O) groups is 2. The maximum Gasteiger partial charge on any atom is 0.419 e. The van der Waals surface area contributed by atoms with E-state index in [2.05, 4.69) is 16.3 Å². The third-order valence-corrected chi connectivity index (χ3v) is 6.94. The van der Waals surface area contributed by atoms with Crippen molar-refractivity contribution in [3.8, 4) is 11.3 Å². The molecule has 1 aromatic heterocycles. The summed E-state index contributed by atoms with van der Waals surface area (Å²) in [6.07, 6.45) is 0.857. The van der Waals surface area contributed by atoms with Crippen LogP contribution in [0.4, 0.5) is 4.79 Å². The number of nitrogens with zero attached hydrogens (tertiary/aromatic N) is 2. The van der Waals surface area contributed by atoms with E-state index >= 15 is 0 Å². The second-order valence-electron chi connectivity index (χ2n) is 10.4. The molecule has 3 heterocycles. The molecule has 0 atom stereocenters. The fraction of sp³-hybridized carbons (Fsp3) is 0.407. The zero-order valence-corrected chi connectivity index (χ0v) is 21.0. The summed E-state index contributed by atoms with van der Waals surface area (Å²) in [7, 11) is 0.